The summed E-state index contributed by atoms with van der Waals surface area (Å²) in [5.41, 5.74) is 3.86. The predicted molar refractivity (Wildman–Crippen MR) is 102 cm³/mol. The standard InChI is InChI=1S/C20H20F3N3O5/c1-11-3-4-12(16(7-11)31-10-17(27)28)9-30-13-5-6-14(15(21)8-13)20(2)25-24-19(29)26(20)18(22)23/h3-8,18,25H,9-10H2,1-2H3,(H,24,29)(H,27,28). The van der Waals surface area contributed by atoms with Crippen LogP contribution in [0.5, 0.6) is 11.5 Å². The largest absolute Gasteiger partial charge is 0.489 e. The molecule has 2 amide bonds. The van der Waals surface area contributed by atoms with Crippen molar-refractivity contribution < 1.29 is 37.3 Å². The SMILES string of the molecule is Cc1ccc(COc2ccc(C3(C)NNC(=O)N3C(F)F)c(F)c2)c(OCC(=O)O)c1. The predicted octanol–water partition coefficient (Wildman–Crippen LogP) is 3.10. The van der Waals surface area contributed by atoms with E-state index in [0.717, 1.165) is 11.6 Å². The number of urea groups is 1. The molecule has 2 aromatic rings. The Labute approximate surface area is 175 Å². The van der Waals surface area contributed by atoms with E-state index in [-0.39, 0.29) is 22.8 Å². The van der Waals surface area contributed by atoms with Gasteiger partial charge in [-0.3, -0.25) is 5.43 Å². The molecule has 3 N–H and O–H groups in total. The van der Waals surface area contributed by atoms with Crippen molar-refractivity contribution in [1.82, 2.24) is 15.8 Å². The first-order chi connectivity index (χ1) is 14.6. The first-order valence-corrected chi connectivity index (χ1v) is 9.13. The number of hydrogen-bond donors (Lipinski definition) is 3. The Morgan fingerprint density at radius 2 is 1.97 bits per heavy atom. The Morgan fingerprint density at radius 1 is 1.23 bits per heavy atom. The van der Waals surface area contributed by atoms with Gasteiger partial charge in [-0.1, -0.05) is 12.1 Å². The van der Waals surface area contributed by atoms with Crippen LogP contribution in [-0.2, 0) is 17.1 Å². The fourth-order valence-corrected chi connectivity index (χ4v) is 3.18. The fourth-order valence-electron chi connectivity index (χ4n) is 3.18. The van der Waals surface area contributed by atoms with Crippen LogP contribution in [0.3, 0.4) is 0 Å². The van der Waals surface area contributed by atoms with E-state index in [1.165, 1.54) is 19.1 Å². The van der Waals surface area contributed by atoms with Crippen molar-refractivity contribution in [1.29, 1.82) is 0 Å². The molecule has 0 aliphatic carbocycles. The third-order valence-corrected chi connectivity index (χ3v) is 4.74. The van der Waals surface area contributed by atoms with Crippen LogP contribution in [0.1, 0.15) is 23.6 Å². The van der Waals surface area contributed by atoms with Gasteiger partial charge in [0.15, 0.2) is 6.61 Å². The molecule has 1 aliphatic rings. The smallest absolute Gasteiger partial charge is 0.341 e. The van der Waals surface area contributed by atoms with Crippen molar-refractivity contribution in [2.24, 2.45) is 0 Å². The van der Waals surface area contributed by atoms with Crippen LogP contribution < -0.4 is 20.3 Å². The van der Waals surface area contributed by atoms with Crippen LogP contribution in [0, 0.1) is 12.7 Å². The molecule has 166 valence electrons. The molecule has 31 heavy (non-hydrogen) atoms. The molecular formula is C20H20F3N3O5. The molecule has 1 saturated heterocycles. The zero-order valence-electron chi connectivity index (χ0n) is 16.6. The molecule has 0 bridgehead atoms. The maximum Gasteiger partial charge on any atom is 0.341 e. The molecule has 1 fully saturated rings. The van der Waals surface area contributed by atoms with E-state index in [1.54, 1.807) is 18.2 Å². The number of nitrogens with zero attached hydrogens (tertiary/aromatic N) is 1. The summed E-state index contributed by atoms with van der Waals surface area (Å²) >= 11 is 0. The van der Waals surface area contributed by atoms with Gasteiger partial charge in [0.05, 0.1) is 0 Å². The van der Waals surface area contributed by atoms with Gasteiger partial charge in [0.2, 0.25) is 0 Å². The lowest BCUT2D eigenvalue weighted by Crippen LogP contribution is -2.50. The third-order valence-electron chi connectivity index (χ3n) is 4.74. The lowest BCUT2D eigenvalue weighted by molar-refractivity contribution is -0.139. The van der Waals surface area contributed by atoms with Crippen LogP contribution in [-0.4, -0.2) is 35.2 Å². The molecule has 0 spiro atoms. The van der Waals surface area contributed by atoms with Crippen LogP contribution in [0.25, 0.3) is 0 Å². The monoisotopic (exact) mass is 439 g/mol. The molecule has 11 heteroatoms. The van der Waals surface area contributed by atoms with Crippen molar-refractivity contribution in [3.63, 3.8) is 0 Å². The molecule has 2 aromatic carbocycles. The van der Waals surface area contributed by atoms with Gasteiger partial charge >= 0.3 is 18.5 Å². The highest BCUT2D eigenvalue weighted by molar-refractivity contribution is 5.77. The number of amides is 2. The third kappa shape index (κ3) is 4.66. The summed E-state index contributed by atoms with van der Waals surface area (Å²) in [6.07, 6.45) is 0. The average Bonchev–Trinajstić information content (AvgIpc) is 3.00. The Bertz CT molecular complexity index is 1000. The number of hydrogen-bond acceptors (Lipinski definition) is 5. The second-order valence-corrected chi connectivity index (χ2v) is 7.00. The zero-order chi connectivity index (χ0) is 22.8. The van der Waals surface area contributed by atoms with Gasteiger partial charge in [-0.2, -0.15) is 8.78 Å². The Balaban J connectivity index is 1.78. The van der Waals surface area contributed by atoms with Crippen LogP contribution in [0.2, 0.25) is 0 Å². The topological polar surface area (TPSA) is 100 Å². The maximum absolute atomic E-state index is 14.8. The number of ether oxygens (including phenoxy) is 2. The van der Waals surface area contributed by atoms with Crippen LogP contribution in [0.15, 0.2) is 36.4 Å². The number of rotatable bonds is 8. The number of carbonyl (C=O) groups is 2. The molecule has 1 aliphatic heterocycles. The number of hydrazine groups is 1. The van der Waals surface area contributed by atoms with E-state index in [9.17, 15) is 22.8 Å². The van der Waals surface area contributed by atoms with E-state index in [4.69, 9.17) is 14.6 Å². The number of halogens is 3. The number of benzene rings is 2. The lowest BCUT2D eigenvalue weighted by atomic mass is 10.00. The Morgan fingerprint density at radius 3 is 2.61 bits per heavy atom. The summed E-state index contributed by atoms with van der Waals surface area (Å²) < 4.78 is 52.2. The van der Waals surface area contributed by atoms with Gasteiger partial charge in [-0.05, 0) is 37.6 Å². The highest BCUT2D eigenvalue weighted by Crippen LogP contribution is 2.34. The number of carboxylic acid groups (broad SMARTS) is 1. The summed E-state index contributed by atoms with van der Waals surface area (Å²) in [4.78, 5) is 22.6. The van der Waals surface area contributed by atoms with Crippen molar-refractivity contribution in [3.05, 3.63) is 58.9 Å². The lowest BCUT2D eigenvalue weighted by Gasteiger charge is -2.33. The highest BCUT2D eigenvalue weighted by atomic mass is 19.3. The first-order valence-electron chi connectivity index (χ1n) is 9.13. The normalized spacial score (nSPS) is 18.3. The molecule has 0 saturated carbocycles. The zero-order valence-corrected chi connectivity index (χ0v) is 16.6. The van der Waals surface area contributed by atoms with Gasteiger partial charge in [0.25, 0.3) is 0 Å². The summed E-state index contributed by atoms with van der Waals surface area (Å²) in [6, 6.07) is 7.69. The minimum Gasteiger partial charge on any atom is -0.489 e. The number of carboxylic acids is 1. The Hall–Kier alpha value is -3.47. The molecule has 0 radical (unpaired) electrons. The minimum atomic E-state index is -3.15. The highest BCUT2D eigenvalue weighted by Gasteiger charge is 2.48. The molecule has 1 atom stereocenters. The number of nitrogens with one attached hydrogen (secondary N) is 2. The van der Waals surface area contributed by atoms with Gasteiger partial charge in [-0.25, -0.2) is 24.3 Å². The van der Waals surface area contributed by atoms with Gasteiger partial charge in [-0.15, -0.1) is 0 Å². The molecule has 1 unspecified atom stereocenters. The number of carbonyl (C=O) groups excluding carboxylic acids is 1. The van der Waals surface area contributed by atoms with E-state index < -0.39 is 36.6 Å². The van der Waals surface area contributed by atoms with E-state index in [0.29, 0.717) is 11.3 Å². The number of aliphatic carboxylic acids is 1. The van der Waals surface area contributed by atoms with E-state index in [1.807, 2.05) is 6.92 Å². The van der Waals surface area contributed by atoms with Gasteiger partial charge in [0, 0.05) is 17.2 Å². The van der Waals surface area contributed by atoms with Crippen molar-refractivity contribution in [2.45, 2.75) is 32.7 Å². The first kappa shape index (κ1) is 22.2. The second-order valence-electron chi connectivity index (χ2n) is 7.00. The Kier molecular flexibility index (Phi) is 6.25. The molecule has 8 nitrogen and oxygen atoms in total. The van der Waals surface area contributed by atoms with Crippen molar-refractivity contribution >= 4 is 12.0 Å². The summed E-state index contributed by atoms with van der Waals surface area (Å²) in [5.74, 6) is -1.57. The molecular weight excluding hydrogens is 419 g/mol. The van der Waals surface area contributed by atoms with Gasteiger partial charge < -0.3 is 14.6 Å². The van der Waals surface area contributed by atoms with Crippen molar-refractivity contribution in [3.8, 4) is 11.5 Å². The molecule has 1 heterocycles. The maximum atomic E-state index is 14.8. The van der Waals surface area contributed by atoms with Crippen molar-refractivity contribution in [2.75, 3.05) is 6.61 Å². The average molecular weight is 439 g/mol. The summed E-state index contributed by atoms with van der Waals surface area (Å²) in [5, 5.41) is 8.80. The van der Waals surface area contributed by atoms with E-state index >= 15 is 0 Å². The van der Waals surface area contributed by atoms with Crippen LogP contribution in [0.4, 0.5) is 18.0 Å². The van der Waals surface area contributed by atoms with E-state index in [2.05, 4.69) is 10.9 Å². The summed E-state index contributed by atoms with van der Waals surface area (Å²) in [7, 11) is 0. The summed E-state index contributed by atoms with van der Waals surface area (Å²) in [6.45, 7) is -0.673. The quantitative estimate of drug-likeness (QED) is 0.547. The fraction of sp³-hybridized carbons (Fsp3) is 0.300. The van der Waals surface area contributed by atoms with Crippen LogP contribution >= 0.6 is 0 Å². The molecule has 3 rings (SSSR count). The molecule has 0 aromatic heterocycles. The number of alkyl halides is 2. The number of aryl methyl sites for hydroxylation is 1. The minimum absolute atomic E-state index is 0.0489. The second kappa shape index (κ2) is 8.72. The van der Waals surface area contributed by atoms with Gasteiger partial charge in [0.1, 0.15) is 29.6 Å².